The number of carbonyl (C=O) groups is 3. The lowest BCUT2D eigenvalue weighted by atomic mass is 9.99. The van der Waals surface area contributed by atoms with Crippen LogP contribution in [0.4, 0.5) is 4.39 Å². The highest BCUT2D eigenvalue weighted by atomic mass is 35.5. The number of aromatic nitrogens is 2. The van der Waals surface area contributed by atoms with Crippen LogP contribution in [-0.2, 0) is 29.8 Å². The van der Waals surface area contributed by atoms with Crippen LogP contribution in [0.1, 0.15) is 50.4 Å². The summed E-state index contributed by atoms with van der Waals surface area (Å²) in [7, 11) is 1.72. The van der Waals surface area contributed by atoms with Crippen LogP contribution in [0.15, 0.2) is 48.7 Å². The maximum Gasteiger partial charge on any atom is 0.335 e. The van der Waals surface area contributed by atoms with E-state index in [9.17, 15) is 23.9 Å². The molecule has 1 fully saturated rings. The molecule has 36 heavy (non-hydrogen) atoms. The molecule has 186 valence electrons. The maximum absolute atomic E-state index is 13.6. The van der Waals surface area contributed by atoms with Gasteiger partial charge >= 0.3 is 5.97 Å². The third kappa shape index (κ3) is 4.24. The molecule has 0 unspecified atom stereocenters. The first-order valence-electron chi connectivity index (χ1n) is 11.6. The number of carboxylic acid groups (broad SMARTS) is 1. The molecule has 1 saturated carbocycles. The molecule has 2 heterocycles. The van der Waals surface area contributed by atoms with Crippen molar-refractivity contribution in [3.05, 3.63) is 87.4 Å². The summed E-state index contributed by atoms with van der Waals surface area (Å²) in [5.41, 5.74) is 2.08. The van der Waals surface area contributed by atoms with E-state index in [1.165, 1.54) is 30.5 Å². The van der Waals surface area contributed by atoms with Crippen LogP contribution in [0.2, 0.25) is 5.02 Å². The number of rotatable bonds is 6. The minimum atomic E-state index is -1.01. The van der Waals surface area contributed by atoms with E-state index in [2.05, 4.69) is 5.10 Å². The lowest BCUT2D eigenvalue weighted by Gasteiger charge is -2.31. The zero-order valence-electron chi connectivity index (χ0n) is 19.6. The van der Waals surface area contributed by atoms with E-state index in [4.69, 9.17) is 11.6 Å². The van der Waals surface area contributed by atoms with Crippen molar-refractivity contribution in [2.75, 3.05) is 13.6 Å². The van der Waals surface area contributed by atoms with Crippen LogP contribution in [-0.4, -0.2) is 56.1 Å². The Labute approximate surface area is 211 Å². The third-order valence-electron chi connectivity index (χ3n) is 7.11. The minimum Gasteiger partial charge on any atom is -0.478 e. The van der Waals surface area contributed by atoms with Gasteiger partial charge in [-0.15, -0.1) is 0 Å². The first-order chi connectivity index (χ1) is 17.2. The zero-order chi connectivity index (χ0) is 25.6. The first kappa shape index (κ1) is 24.0. The van der Waals surface area contributed by atoms with Gasteiger partial charge in [0, 0.05) is 13.6 Å². The third-order valence-corrected chi connectivity index (χ3v) is 7.40. The van der Waals surface area contributed by atoms with E-state index >= 15 is 0 Å². The molecule has 2 amide bonds. The number of fused-ring (bicyclic) bond motifs is 1. The van der Waals surface area contributed by atoms with Gasteiger partial charge in [0.2, 0.25) is 5.91 Å². The summed E-state index contributed by atoms with van der Waals surface area (Å²) in [6, 6.07) is 10.9. The van der Waals surface area contributed by atoms with Crippen molar-refractivity contribution in [1.29, 1.82) is 0 Å². The summed E-state index contributed by atoms with van der Waals surface area (Å²) >= 11 is 5.85. The fourth-order valence-corrected chi connectivity index (χ4v) is 5.03. The Morgan fingerprint density at radius 1 is 1.17 bits per heavy atom. The fourth-order valence-electron chi connectivity index (χ4n) is 4.83. The second-order valence-corrected chi connectivity index (χ2v) is 9.66. The fraction of sp³-hybridized carbons (Fsp3) is 0.308. The highest BCUT2D eigenvalue weighted by Gasteiger charge is 2.50. The lowest BCUT2D eigenvalue weighted by Crippen LogP contribution is -2.41. The molecule has 0 saturated heterocycles. The molecule has 0 spiro atoms. The van der Waals surface area contributed by atoms with Gasteiger partial charge in [0.15, 0.2) is 0 Å². The van der Waals surface area contributed by atoms with Crippen LogP contribution in [0.5, 0.6) is 0 Å². The van der Waals surface area contributed by atoms with Crippen molar-refractivity contribution in [1.82, 2.24) is 19.6 Å². The normalized spacial score (nSPS) is 15.8. The zero-order valence-corrected chi connectivity index (χ0v) is 20.3. The molecule has 1 N–H and O–H groups in total. The lowest BCUT2D eigenvalue weighted by molar-refractivity contribution is -0.132. The van der Waals surface area contributed by atoms with Gasteiger partial charge in [-0.05, 0) is 48.2 Å². The van der Waals surface area contributed by atoms with Gasteiger partial charge in [-0.3, -0.25) is 14.3 Å². The summed E-state index contributed by atoms with van der Waals surface area (Å²) in [6.45, 7) is 1.12. The molecular weight excluding hydrogens is 487 g/mol. The molecule has 5 rings (SSSR count). The molecule has 2 aromatic carbocycles. The van der Waals surface area contributed by atoms with Crippen molar-refractivity contribution in [3.8, 4) is 0 Å². The van der Waals surface area contributed by atoms with Crippen LogP contribution >= 0.6 is 11.6 Å². The Hall–Kier alpha value is -3.72. The Morgan fingerprint density at radius 2 is 1.94 bits per heavy atom. The number of carbonyl (C=O) groups excluding carboxylic acids is 2. The number of hydrogen-bond donors (Lipinski definition) is 1. The van der Waals surface area contributed by atoms with Gasteiger partial charge in [0.05, 0.1) is 53.1 Å². The molecule has 3 aromatic rings. The van der Waals surface area contributed by atoms with E-state index < -0.39 is 17.3 Å². The van der Waals surface area contributed by atoms with Gasteiger partial charge in [0.25, 0.3) is 5.91 Å². The molecule has 2 aliphatic rings. The maximum atomic E-state index is 13.6. The molecule has 1 aliphatic heterocycles. The van der Waals surface area contributed by atoms with Crippen LogP contribution < -0.4 is 0 Å². The van der Waals surface area contributed by atoms with E-state index in [0.29, 0.717) is 29.9 Å². The predicted molar refractivity (Wildman–Crippen MR) is 129 cm³/mol. The van der Waals surface area contributed by atoms with Crippen LogP contribution in [0.3, 0.4) is 0 Å². The predicted octanol–water partition coefficient (Wildman–Crippen LogP) is 3.72. The molecule has 1 aliphatic carbocycles. The van der Waals surface area contributed by atoms with E-state index in [1.807, 2.05) is 6.07 Å². The molecule has 0 radical (unpaired) electrons. The van der Waals surface area contributed by atoms with Gasteiger partial charge in [-0.2, -0.15) is 5.10 Å². The second-order valence-electron chi connectivity index (χ2n) is 9.25. The van der Waals surface area contributed by atoms with Crippen LogP contribution in [0, 0.1) is 5.82 Å². The average Bonchev–Trinajstić information content (AvgIpc) is 3.58. The summed E-state index contributed by atoms with van der Waals surface area (Å²) in [6.07, 6.45) is 3.06. The number of amides is 2. The number of aromatic carboxylic acids is 1. The Morgan fingerprint density at radius 3 is 2.64 bits per heavy atom. The van der Waals surface area contributed by atoms with Crippen molar-refractivity contribution in [2.24, 2.45) is 0 Å². The molecule has 1 aromatic heterocycles. The highest BCUT2D eigenvalue weighted by molar-refractivity contribution is 6.30. The monoisotopic (exact) mass is 510 g/mol. The molecular formula is C26H24ClFN4O4. The first-order valence-corrected chi connectivity index (χ1v) is 12.0. The topological polar surface area (TPSA) is 95.7 Å². The van der Waals surface area contributed by atoms with E-state index in [1.54, 1.807) is 33.7 Å². The van der Waals surface area contributed by atoms with Crippen LogP contribution in [0.25, 0.3) is 0 Å². The van der Waals surface area contributed by atoms with Gasteiger partial charge in [0.1, 0.15) is 5.82 Å². The Balaban J connectivity index is 1.34. The minimum absolute atomic E-state index is 0.0316. The number of nitrogens with zero attached hydrogens (tertiary/aromatic N) is 4. The number of halogens is 2. The molecule has 0 atom stereocenters. The summed E-state index contributed by atoms with van der Waals surface area (Å²) < 4.78 is 15.2. The van der Waals surface area contributed by atoms with E-state index in [0.717, 1.165) is 18.4 Å². The number of benzene rings is 2. The quantitative estimate of drug-likeness (QED) is 0.545. The average molecular weight is 511 g/mol. The largest absolute Gasteiger partial charge is 0.478 e. The van der Waals surface area contributed by atoms with Gasteiger partial charge in [-0.1, -0.05) is 29.8 Å². The smallest absolute Gasteiger partial charge is 0.335 e. The summed E-state index contributed by atoms with van der Waals surface area (Å²) in [5.74, 6) is -1.93. The second kappa shape index (κ2) is 9.05. The molecule has 8 nitrogen and oxygen atoms in total. The summed E-state index contributed by atoms with van der Waals surface area (Å²) in [4.78, 5) is 41.3. The van der Waals surface area contributed by atoms with Crippen molar-refractivity contribution >= 4 is 29.4 Å². The van der Waals surface area contributed by atoms with Crippen molar-refractivity contribution in [2.45, 2.75) is 37.9 Å². The number of carboxylic acids is 1. The van der Waals surface area contributed by atoms with Gasteiger partial charge < -0.3 is 14.9 Å². The Bertz CT molecular complexity index is 1380. The number of hydrogen-bond acceptors (Lipinski definition) is 4. The molecule has 0 bridgehead atoms. The highest BCUT2D eigenvalue weighted by Crippen LogP contribution is 2.51. The molecule has 10 heteroatoms. The Kier molecular flexibility index (Phi) is 6.04. The van der Waals surface area contributed by atoms with Gasteiger partial charge in [-0.25, -0.2) is 9.18 Å². The summed E-state index contributed by atoms with van der Waals surface area (Å²) in [5, 5.41) is 13.7. The van der Waals surface area contributed by atoms with E-state index in [-0.39, 0.29) is 35.4 Å². The SMILES string of the molecule is CN(C(=O)c1cnn2c1CN(C(=O)Cc1ccc(F)c(Cl)c1)CC2)C1(c2cccc(C(=O)O)c2)CC1. The van der Waals surface area contributed by atoms with Crippen molar-refractivity contribution in [3.63, 3.8) is 0 Å². The standard InChI is InChI=1S/C26H24ClFN4O4/c1-30(26(7-8-26)18-4-2-3-17(13-18)25(35)36)24(34)19-14-29-32-10-9-31(15-22(19)32)23(33)12-16-5-6-21(28)20(27)11-16/h2-6,11,13-14H,7-10,12,15H2,1H3,(H,35,36). The van der Waals surface area contributed by atoms with Crippen molar-refractivity contribution < 1.29 is 23.9 Å².